The van der Waals surface area contributed by atoms with Crippen LogP contribution < -0.4 is 15.0 Å². The van der Waals surface area contributed by atoms with Gasteiger partial charge < -0.3 is 19.9 Å². The van der Waals surface area contributed by atoms with Gasteiger partial charge in [-0.15, -0.1) is 5.10 Å². The van der Waals surface area contributed by atoms with Crippen molar-refractivity contribution in [2.24, 2.45) is 0 Å². The van der Waals surface area contributed by atoms with E-state index in [-0.39, 0.29) is 49.7 Å². The predicted molar refractivity (Wildman–Crippen MR) is 152 cm³/mol. The summed E-state index contributed by atoms with van der Waals surface area (Å²) in [5.74, 6) is -3.61. The van der Waals surface area contributed by atoms with E-state index in [1.807, 2.05) is 0 Å². The van der Waals surface area contributed by atoms with Crippen molar-refractivity contribution in [2.75, 3.05) is 29.9 Å². The second kappa shape index (κ2) is 11.8. The van der Waals surface area contributed by atoms with E-state index in [0.29, 0.717) is 34.3 Å². The number of hydrogen-bond donors (Lipinski definition) is 2. The molecule has 2 N–H and O–H groups in total. The Morgan fingerprint density at radius 2 is 1.82 bits per heavy atom. The predicted octanol–water partition coefficient (Wildman–Crippen LogP) is 6.41. The van der Waals surface area contributed by atoms with Crippen molar-refractivity contribution in [1.82, 2.24) is 25.0 Å². The number of piperidine rings is 1. The molecule has 5 aromatic rings. The average Bonchev–Trinajstić information content (AvgIpc) is 3.65. The van der Waals surface area contributed by atoms with Crippen LogP contribution in [-0.2, 0) is 12.6 Å². The number of carbonyl (C=O) groups is 1. The minimum Gasteiger partial charge on any atom is -0.493 e. The molecule has 3 aromatic heterocycles. The summed E-state index contributed by atoms with van der Waals surface area (Å²) < 4.78 is 87.1. The van der Waals surface area contributed by atoms with Crippen LogP contribution in [0.25, 0.3) is 16.6 Å². The van der Waals surface area contributed by atoms with Crippen LogP contribution in [0.2, 0.25) is 0 Å². The van der Waals surface area contributed by atoms with Gasteiger partial charge in [-0.05, 0) is 35.9 Å². The fourth-order valence-corrected chi connectivity index (χ4v) is 4.94. The highest BCUT2D eigenvalue weighted by Gasteiger charge is 2.35. The van der Waals surface area contributed by atoms with Gasteiger partial charge in [0.15, 0.2) is 17.3 Å². The maximum atomic E-state index is 14.8. The van der Waals surface area contributed by atoms with Crippen molar-refractivity contribution in [2.45, 2.75) is 31.4 Å². The van der Waals surface area contributed by atoms with E-state index in [2.05, 4.69) is 25.6 Å². The third kappa shape index (κ3) is 6.71. The van der Waals surface area contributed by atoms with Gasteiger partial charge in [0, 0.05) is 55.5 Å². The molecule has 2 aromatic carbocycles. The van der Waals surface area contributed by atoms with Crippen LogP contribution >= 0.6 is 0 Å². The van der Waals surface area contributed by atoms with Gasteiger partial charge in [-0.3, -0.25) is 4.79 Å². The summed E-state index contributed by atoms with van der Waals surface area (Å²) in [6.45, 7) is 0.179. The Morgan fingerprint density at radius 1 is 1.07 bits per heavy atom. The number of H-pyrrole nitrogens is 1. The number of anilines is 2. The van der Waals surface area contributed by atoms with Crippen LogP contribution in [0.3, 0.4) is 0 Å². The number of amides is 1. The van der Waals surface area contributed by atoms with Crippen molar-refractivity contribution in [3.63, 3.8) is 0 Å². The van der Waals surface area contributed by atoms with Gasteiger partial charge in [-0.1, -0.05) is 17.3 Å². The Bertz CT molecular complexity index is 1820. The minimum absolute atomic E-state index is 0.0197. The summed E-state index contributed by atoms with van der Waals surface area (Å²) in [7, 11) is 0. The molecule has 1 saturated heterocycles. The molecule has 45 heavy (non-hydrogen) atoms. The third-order valence-electron chi connectivity index (χ3n) is 7.43. The number of aromatic amines is 1. The maximum Gasteiger partial charge on any atom is 0.416 e. The number of alkyl halides is 5. The maximum absolute atomic E-state index is 14.8. The number of hydrogen-bond acceptors (Lipinski definition) is 6. The standard InChI is InChI=1S/C30H25F6N7O2/c31-23-13-20(15-38-27(23)42-10-8-29(32,33)9-11-42)43-17-26(40-41-43)28(44)39-25-16-37-24-6-5-21(14-22(24)25)45-12-7-18-1-3-19(4-2-18)30(34,35)36/h1-6,13-17,37H,7-12H2,(H,39,44). The van der Waals surface area contributed by atoms with Gasteiger partial charge in [-0.2, -0.15) is 13.2 Å². The van der Waals surface area contributed by atoms with E-state index < -0.39 is 29.4 Å². The van der Waals surface area contributed by atoms with Crippen molar-refractivity contribution < 1.29 is 35.9 Å². The number of benzene rings is 2. The summed E-state index contributed by atoms with van der Waals surface area (Å²) in [6.07, 6.45) is -0.552. The Kier molecular flexibility index (Phi) is 7.85. The molecule has 0 atom stereocenters. The Hall–Kier alpha value is -5.08. The number of rotatable bonds is 8. The average molecular weight is 630 g/mol. The Morgan fingerprint density at radius 3 is 2.53 bits per heavy atom. The van der Waals surface area contributed by atoms with E-state index >= 15 is 0 Å². The van der Waals surface area contributed by atoms with Crippen LogP contribution in [0.5, 0.6) is 5.75 Å². The fourth-order valence-electron chi connectivity index (χ4n) is 4.94. The highest BCUT2D eigenvalue weighted by molar-refractivity contribution is 6.08. The van der Waals surface area contributed by atoms with Gasteiger partial charge in [0.05, 0.1) is 35.9 Å². The first kappa shape index (κ1) is 30.0. The number of ether oxygens (including phenoxy) is 1. The first-order valence-corrected chi connectivity index (χ1v) is 13.9. The van der Waals surface area contributed by atoms with Crippen molar-refractivity contribution in [3.8, 4) is 11.4 Å². The molecular weight excluding hydrogens is 604 g/mol. The van der Waals surface area contributed by atoms with Crippen LogP contribution in [0.4, 0.5) is 37.8 Å². The molecule has 15 heteroatoms. The molecule has 6 rings (SSSR count). The molecule has 1 amide bonds. The summed E-state index contributed by atoms with van der Waals surface area (Å²) >= 11 is 0. The number of nitrogens with zero attached hydrogens (tertiary/aromatic N) is 5. The number of aromatic nitrogens is 5. The summed E-state index contributed by atoms with van der Waals surface area (Å²) in [5, 5.41) is 11.2. The van der Waals surface area contributed by atoms with E-state index in [1.54, 1.807) is 24.4 Å². The summed E-state index contributed by atoms with van der Waals surface area (Å²) in [5.41, 5.74) is 1.25. The molecule has 0 radical (unpaired) electrons. The first-order valence-electron chi connectivity index (χ1n) is 13.9. The second-order valence-corrected chi connectivity index (χ2v) is 10.5. The lowest BCUT2D eigenvalue weighted by Gasteiger charge is -2.32. The minimum atomic E-state index is -4.39. The summed E-state index contributed by atoms with van der Waals surface area (Å²) in [4.78, 5) is 21.6. The normalized spacial score (nSPS) is 14.9. The quantitative estimate of drug-likeness (QED) is 0.193. The molecule has 4 heterocycles. The molecule has 0 unspecified atom stereocenters. The van der Waals surface area contributed by atoms with Gasteiger partial charge in [0.2, 0.25) is 0 Å². The zero-order chi connectivity index (χ0) is 31.8. The molecule has 0 bridgehead atoms. The van der Waals surface area contributed by atoms with Crippen LogP contribution in [0.1, 0.15) is 34.5 Å². The lowest BCUT2D eigenvalue weighted by Crippen LogP contribution is -2.40. The van der Waals surface area contributed by atoms with Crippen LogP contribution in [0, 0.1) is 5.82 Å². The number of halogens is 6. The largest absolute Gasteiger partial charge is 0.493 e. The number of carbonyl (C=O) groups excluding carboxylic acids is 1. The molecule has 234 valence electrons. The smallest absolute Gasteiger partial charge is 0.416 e. The molecule has 1 fully saturated rings. The molecule has 1 aliphatic rings. The van der Waals surface area contributed by atoms with E-state index in [4.69, 9.17) is 4.74 Å². The molecule has 0 aliphatic carbocycles. The highest BCUT2D eigenvalue weighted by atomic mass is 19.4. The zero-order valence-electron chi connectivity index (χ0n) is 23.4. The van der Waals surface area contributed by atoms with Gasteiger partial charge >= 0.3 is 6.18 Å². The Labute approximate surface area is 251 Å². The van der Waals surface area contributed by atoms with Crippen molar-refractivity contribution in [3.05, 3.63) is 89.8 Å². The van der Waals surface area contributed by atoms with Gasteiger partial charge in [0.1, 0.15) is 5.75 Å². The van der Waals surface area contributed by atoms with E-state index in [1.165, 1.54) is 34.1 Å². The molecule has 0 saturated carbocycles. The SMILES string of the molecule is O=C(Nc1c[nH]c2ccc(OCCc3ccc(C(F)(F)F)cc3)cc12)c1cn(-c2cnc(N3CCC(F)(F)CC3)c(F)c2)nn1. The van der Waals surface area contributed by atoms with Gasteiger partial charge in [-0.25, -0.2) is 22.8 Å². The van der Waals surface area contributed by atoms with Gasteiger partial charge in [0.25, 0.3) is 11.8 Å². The van der Waals surface area contributed by atoms with E-state index in [0.717, 1.165) is 18.2 Å². The number of nitrogens with one attached hydrogen (secondary N) is 2. The molecular formula is C30H25F6N7O2. The second-order valence-electron chi connectivity index (χ2n) is 10.5. The molecule has 0 spiro atoms. The van der Waals surface area contributed by atoms with Crippen molar-refractivity contribution >= 4 is 28.3 Å². The van der Waals surface area contributed by atoms with E-state index in [9.17, 15) is 31.1 Å². The summed E-state index contributed by atoms with van der Waals surface area (Å²) in [6, 6.07) is 11.2. The molecule has 9 nitrogen and oxygen atoms in total. The number of fused-ring (bicyclic) bond motifs is 1. The van der Waals surface area contributed by atoms with Crippen LogP contribution in [0.15, 0.2) is 67.1 Å². The van der Waals surface area contributed by atoms with Crippen molar-refractivity contribution in [1.29, 1.82) is 0 Å². The lowest BCUT2D eigenvalue weighted by atomic mass is 10.1. The first-order chi connectivity index (χ1) is 21.4. The fraction of sp³-hybridized carbons (Fsp3) is 0.267. The monoisotopic (exact) mass is 629 g/mol. The number of pyridine rings is 1. The zero-order valence-corrected chi connectivity index (χ0v) is 23.4. The van der Waals surface area contributed by atoms with Crippen LogP contribution in [-0.4, -0.2) is 56.5 Å². The Balaban J connectivity index is 1.09. The molecule has 1 aliphatic heterocycles. The lowest BCUT2D eigenvalue weighted by molar-refractivity contribution is -0.137. The topological polar surface area (TPSA) is 101 Å². The third-order valence-corrected chi connectivity index (χ3v) is 7.43. The highest BCUT2D eigenvalue weighted by Crippen LogP contribution is 2.32.